The van der Waals surface area contributed by atoms with Crippen LogP contribution in [0.1, 0.15) is 44.6 Å². The summed E-state index contributed by atoms with van der Waals surface area (Å²) in [6.07, 6.45) is 3.79. The minimum Gasteiger partial charge on any atom is -0.493 e. The lowest BCUT2D eigenvalue weighted by molar-refractivity contribution is -0.125. The third-order valence-electron chi connectivity index (χ3n) is 5.21. The van der Waals surface area contributed by atoms with Crippen LogP contribution in [0, 0.1) is 0 Å². The van der Waals surface area contributed by atoms with Crippen LogP contribution in [0.15, 0.2) is 18.2 Å². The first-order valence-corrected chi connectivity index (χ1v) is 9.32. The molecule has 0 spiro atoms. The minimum atomic E-state index is -0.836. The predicted octanol–water partition coefficient (Wildman–Crippen LogP) is 2.12. The van der Waals surface area contributed by atoms with E-state index >= 15 is 0 Å². The number of nitrogens with one attached hydrogen (secondary N) is 1. The Bertz CT molecular complexity index is 680. The highest BCUT2D eigenvalue weighted by Crippen LogP contribution is 2.35. The summed E-state index contributed by atoms with van der Waals surface area (Å²) in [4.78, 5) is 27.2. The number of hydrogen-bond acceptors (Lipinski definition) is 5. The fourth-order valence-corrected chi connectivity index (χ4v) is 3.68. The fraction of sp³-hybridized carbons (Fsp3) is 0.600. The van der Waals surface area contributed by atoms with Gasteiger partial charge in [-0.15, -0.1) is 0 Å². The zero-order valence-electron chi connectivity index (χ0n) is 15.8. The van der Waals surface area contributed by atoms with Gasteiger partial charge in [-0.3, -0.25) is 14.5 Å². The number of hydrogen-bond donors (Lipinski definition) is 1. The van der Waals surface area contributed by atoms with E-state index in [4.69, 9.17) is 9.47 Å². The molecule has 6 nitrogen and oxygen atoms in total. The van der Waals surface area contributed by atoms with Gasteiger partial charge in [-0.2, -0.15) is 0 Å². The van der Waals surface area contributed by atoms with Gasteiger partial charge in [0.15, 0.2) is 17.3 Å². The highest BCUT2D eigenvalue weighted by atomic mass is 16.5. The molecule has 26 heavy (non-hydrogen) atoms. The maximum absolute atomic E-state index is 12.6. The molecule has 1 N–H and O–H groups in total. The summed E-state index contributed by atoms with van der Waals surface area (Å²) >= 11 is 0. The smallest absolute Gasteiger partial charge is 0.235 e. The number of nitrogens with zero attached hydrogens (tertiary/aromatic N) is 1. The first-order chi connectivity index (χ1) is 12.4. The quantitative estimate of drug-likeness (QED) is 0.787. The van der Waals surface area contributed by atoms with Crippen LogP contribution in [0.5, 0.6) is 11.5 Å². The Balaban J connectivity index is 1.72. The zero-order chi connectivity index (χ0) is 18.7. The molecule has 2 fully saturated rings. The van der Waals surface area contributed by atoms with Gasteiger partial charge in [0.05, 0.1) is 12.6 Å². The van der Waals surface area contributed by atoms with E-state index in [9.17, 15) is 9.59 Å². The Morgan fingerprint density at radius 1 is 1.15 bits per heavy atom. The number of ketones is 1. The van der Waals surface area contributed by atoms with E-state index in [0.717, 1.165) is 19.6 Å². The standard InChI is InChI=1S/C20H28N2O4/c1-20(2)18(23)17(19(24)21-20)14-7-8-15(25-3)16(13-14)26-12-11-22-9-5-4-6-10-22/h7-8,13,17H,4-6,9-12H2,1-3H3,(H,21,24). The number of likely N-dealkylation sites (tertiary alicyclic amines) is 1. The van der Waals surface area contributed by atoms with Crippen molar-refractivity contribution in [2.75, 3.05) is 33.4 Å². The Kier molecular flexibility index (Phi) is 5.51. The van der Waals surface area contributed by atoms with E-state index in [1.54, 1.807) is 39.2 Å². The molecular weight excluding hydrogens is 332 g/mol. The third kappa shape index (κ3) is 3.85. The Labute approximate surface area is 154 Å². The van der Waals surface area contributed by atoms with Crippen molar-refractivity contribution in [2.24, 2.45) is 0 Å². The second-order valence-corrected chi connectivity index (χ2v) is 7.57. The summed E-state index contributed by atoms with van der Waals surface area (Å²) < 4.78 is 11.3. The van der Waals surface area contributed by atoms with Crippen LogP contribution in [0.2, 0.25) is 0 Å². The Hall–Kier alpha value is -2.08. The fourth-order valence-electron chi connectivity index (χ4n) is 3.68. The largest absolute Gasteiger partial charge is 0.493 e. The van der Waals surface area contributed by atoms with Gasteiger partial charge in [-0.05, 0) is 57.5 Å². The molecule has 1 amide bonds. The van der Waals surface area contributed by atoms with Crippen LogP contribution in [0.4, 0.5) is 0 Å². The predicted molar refractivity (Wildman–Crippen MR) is 98.7 cm³/mol. The summed E-state index contributed by atoms with van der Waals surface area (Å²) in [5, 5.41) is 2.76. The molecule has 2 aliphatic rings. The Morgan fingerprint density at radius 2 is 1.88 bits per heavy atom. The van der Waals surface area contributed by atoms with Gasteiger partial charge in [0.25, 0.3) is 0 Å². The highest BCUT2D eigenvalue weighted by Gasteiger charge is 2.47. The van der Waals surface area contributed by atoms with E-state index in [1.807, 2.05) is 0 Å². The number of methoxy groups -OCH3 is 1. The van der Waals surface area contributed by atoms with E-state index in [2.05, 4.69) is 10.2 Å². The van der Waals surface area contributed by atoms with Crippen molar-refractivity contribution in [2.45, 2.75) is 44.6 Å². The molecule has 1 unspecified atom stereocenters. The van der Waals surface area contributed by atoms with Gasteiger partial charge in [0, 0.05) is 6.54 Å². The minimum absolute atomic E-state index is 0.119. The molecule has 0 saturated carbocycles. The molecule has 0 aliphatic carbocycles. The van der Waals surface area contributed by atoms with Crippen molar-refractivity contribution in [1.82, 2.24) is 10.2 Å². The van der Waals surface area contributed by atoms with Crippen molar-refractivity contribution >= 4 is 11.7 Å². The van der Waals surface area contributed by atoms with Crippen molar-refractivity contribution < 1.29 is 19.1 Å². The van der Waals surface area contributed by atoms with E-state index in [0.29, 0.717) is 23.7 Å². The number of carbonyl (C=O) groups excluding carboxylic acids is 2. The van der Waals surface area contributed by atoms with Crippen LogP contribution in [-0.4, -0.2) is 55.5 Å². The lowest BCUT2D eigenvalue weighted by Crippen LogP contribution is -2.39. The molecule has 3 rings (SSSR count). The lowest BCUT2D eigenvalue weighted by atomic mass is 9.89. The SMILES string of the molecule is COc1ccc(C2C(=O)NC(C)(C)C2=O)cc1OCCN1CCCCC1. The highest BCUT2D eigenvalue weighted by molar-refractivity contribution is 6.16. The van der Waals surface area contributed by atoms with Crippen LogP contribution in [-0.2, 0) is 9.59 Å². The van der Waals surface area contributed by atoms with Crippen LogP contribution in [0.3, 0.4) is 0 Å². The number of ether oxygens (including phenoxy) is 2. The third-order valence-corrected chi connectivity index (χ3v) is 5.21. The number of piperidine rings is 1. The molecule has 6 heteroatoms. The van der Waals surface area contributed by atoms with Gasteiger partial charge in [-0.25, -0.2) is 0 Å². The van der Waals surface area contributed by atoms with Gasteiger partial charge < -0.3 is 14.8 Å². The first-order valence-electron chi connectivity index (χ1n) is 9.32. The molecule has 2 heterocycles. The number of rotatable bonds is 6. The average molecular weight is 360 g/mol. The van der Waals surface area contributed by atoms with Gasteiger partial charge >= 0.3 is 0 Å². The van der Waals surface area contributed by atoms with Crippen LogP contribution in [0.25, 0.3) is 0 Å². The summed E-state index contributed by atoms with van der Waals surface area (Å²) in [6, 6.07) is 5.29. The maximum Gasteiger partial charge on any atom is 0.235 e. The van der Waals surface area contributed by atoms with Crippen LogP contribution < -0.4 is 14.8 Å². The molecule has 0 radical (unpaired) electrons. The van der Waals surface area contributed by atoms with E-state index in [-0.39, 0.29) is 11.7 Å². The molecule has 1 aromatic rings. The van der Waals surface area contributed by atoms with Crippen molar-refractivity contribution in [3.63, 3.8) is 0 Å². The summed E-state index contributed by atoms with van der Waals surface area (Å²) in [5.41, 5.74) is -0.191. The molecular formula is C20H28N2O4. The van der Waals surface area contributed by atoms with Gasteiger partial charge in [0.2, 0.25) is 5.91 Å². The molecule has 0 aromatic heterocycles. The summed E-state index contributed by atoms with van der Waals surface area (Å²) in [7, 11) is 1.59. The number of carbonyl (C=O) groups is 2. The molecule has 2 saturated heterocycles. The van der Waals surface area contributed by atoms with Gasteiger partial charge in [-0.1, -0.05) is 12.5 Å². The monoisotopic (exact) mass is 360 g/mol. The van der Waals surface area contributed by atoms with Crippen molar-refractivity contribution in [3.05, 3.63) is 23.8 Å². The molecule has 142 valence electrons. The zero-order valence-corrected chi connectivity index (χ0v) is 15.8. The summed E-state index contributed by atoms with van der Waals surface area (Å²) in [5.74, 6) is 0.0153. The molecule has 0 bridgehead atoms. The van der Waals surface area contributed by atoms with Gasteiger partial charge in [0.1, 0.15) is 12.5 Å². The van der Waals surface area contributed by atoms with Crippen LogP contribution >= 0.6 is 0 Å². The number of Topliss-reactive ketones (excluding diaryl/α,β-unsaturated/α-hetero) is 1. The summed E-state index contributed by atoms with van der Waals surface area (Å²) in [6.45, 7) is 7.11. The topological polar surface area (TPSA) is 67.9 Å². The molecule has 1 atom stereocenters. The number of amides is 1. The second-order valence-electron chi connectivity index (χ2n) is 7.57. The normalized spacial score (nSPS) is 23.0. The van der Waals surface area contributed by atoms with Crippen molar-refractivity contribution in [1.29, 1.82) is 0 Å². The first kappa shape index (κ1) is 18.7. The Morgan fingerprint density at radius 3 is 2.50 bits per heavy atom. The second kappa shape index (κ2) is 7.66. The molecule has 1 aromatic carbocycles. The number of benzene rings is 1. The lowest BCUT2D eigenvalue weighted by Gasteiger charge is -2.26. The molecule has 2 aliphatic heterocycles. The average Bonchev–Trinajstić information content (AvgIpc) is 2.83. The van der Waals surface area contributed by atoms with E-state index in [1.165, 1.54) is 19.3 Å². The van der Waals surface area contributed by atoms with Crippen molar-refractivity contribution in [3.8, 4) is 11.5 Å². The maximum atomic E-state index is 12.6. The van der Waals surface area contributed by atoms with E-state index < -0.39 is 11.5 Å².